The van der Waals surface area contributed by atoms with Crippen molar-refractivity contribution in [3.05, 3.63) is 22.4 Å². The van der Waals surface area contributed by atoms with E-state index in [0.717, 1.165) is 62.8 Å². The number of aliphatic imine (C=N–C) groups is 1. The van der Waals surface area contributed by atoms with Crippen LogP contribution in [0.1, 0.15) is 35.4 Å². The average Bonchev–Trinajstić information content (AvgIpc) is 3.36. The van der Waals surface area contributed by atoms with E-state index in [1.165, 1.54) is 11.3 Å². The van der Waals surface area contributed by atoms with E-state index in [2.05, 4.69) is 20.9 Å². The Morgan fingerprint density at radius 2 is 2.07 bits per heavy atom. The molecule has 1 unspecified atom stereocenters. The summed E-state index contributed by atoms with van der Waals surface area (Å²) in [5.41, 5.74) is 0. The molecule has 1 aromatic heterocycles. The maximum absolute atomic E-state index is 11.8. The first-order chi connectivity index (χ1) is 12.8. The lowest BCUT2D eigenvalue weighted by Gasteiger charge is -2.13. The smallest absolute Gasteiger partial charge is 0.261 e. The van der Waals surface area contributed by atoms with Crippen LogP contribution in [0.3, 0.4) is 0 Å². The van der Waals surface area contributed by atoms with Crippen LogP contribution in [0.15, 0.2) is 22.5 Å². The Morgan fingerprint density at radius 3 is 2.74 bits per heavy atom. The molecular formula is C18H31IN4O3S. The van der Waals surface area contributed by atoms with Gasteiger partial charge in [0.15, 0.2) is 5.96 Å². The molecule has 0 aromatic carbocycles. The summed E-state index contributed by atoms with van der Waals surface area (Å²) in [5, 5.41) is 11.3. The van der Waals surface area contributed by atoms with Crippen LogP contribution in [0, 0.1) is 0 Å². The highest BCUT2D eigenvalue weighted by Gasteiger charge is 2.14. The van der Waals surface area contributed by atoms with E-state index >= 15 is 0 Å². The van der Waals surface area contributed by atoms with E-state index < -0.39 is 0 Å². The molecule has 9 heteroatoms. The molecule has 0 aliphatic carbocycles. The van der Waals surface area contributed by atoms with Gasteiger partial charge in [0, 0.05) is 39.9 Å². The summed E-state index contributed by atoms with van der Waals surface area (Å²) in [7, 11) is 1.75. The number of nitrogens with one attached hydrogen (secondary N) is 3. The van der Waals surface area contributed by atoms with E-state index in [1.807, 2.05) is 17.5 Å². The van der Waals surface area contributed by atoms with E-state index in [1.54, 1.807) is 7.05 Å². The molecule has 2 rings (SSSR count). The Bertz CT molecular complexity index is 537. The van der Waals surface area contributed by atoms with Gasteiger partial charge in [0.2, 0.25) is 0 Å². The van der Waals surface area contributed by atoms with Crippen LogP contribution in [0.5, 0.6) is 0 Å². The molecule has 1 fully saturated rings. The maximum Gasteiger partial charge on any atom is 0.261 e. The number of hydrogen-bond acceptors (Lipinski definition) is 5. The molecule has 1 aromatic rings. The highest BCUT2D eigenvalue weighted by molar-refractivity contribution is 14.0. The third-order valence-corrected chi connectivity index (χ3v) is 4.85. The Labute approximate surface area is 182 Å². The molecule has 154 valence electrons. The van der Waals surface area contributed by atoms with Crippen molar-refractivity contribution in [3.63, 3.8) is 0 Å². The summed E-state index contributed by atoms with van der Waals surface area (Å²) >= 11 is 1.45. The van der Waals surface area contributed by atoms with E-state index in [-0.39, 0.29) is 36.0 Å². The number of ether oxygens (including phenoxy) is 2. The van der Waals surface area contributed by atoms with Crippen molar-refractivity contribution in [3.8, 4) is 0 Å². The lowest BCUT2D eigenvalue weighted by Crippen LogP contribution is -2.39. The summed E-state index contributed by atoms with van der Waals surface area (Å²) < 4.78 is 11.2. The Hall–Kier alpha value is -0.910. The monoisotopic (exact) mass is 510 g/mol. The summed E-state index contributed by atoms with van der Waals surface area (Å²) in [6, 6.07) is 3.71. The lowest BCUT2D eigenvalue weighted by atomic mass is 10.2. The number of carbonyl (C=O) groups is 1. The van der Waals surface area contributed by atoms with Gasteiger partial charge in [-0.2, -0.15) is 0 Å². The molecule has 1 amide bonds. The molecule has 1 aliphatic heterocycles. The Balaban J connectivity index is 0.00000364. The van der Waals surface area contributed by atoms with Gasteiger partial charge in [0.05, 0.1) is 17.6 Å². The predicted molar refractivity (Wildman–Crippen MR) is 120 cm³/mol. The Morgan fingerprint density at radius 1 is 1.30 bits per heavy atom. The average molecular weight is 510 g/mol. The van der Waals surface area contributed by atoms with Crippen LogP contribution >= 0.6 is 35.3 Å². The van der Waals surface area contributed by atoms with Gasteiger partial charge >= 0.3 is 0 Å². The summed E-state index contributed by atoms with van der Waals surface area (Å²) in [5.74, 6) is 0.763. The minimum Gasteiger partial charge on any atom is -0.379 e. The van der Waals surface area contributed by atoms with E-state index in [9.17, 15) is 4.79 Å². The predicted octanol–water partition coefficient (Wildman–Crippen LogP) is 2.24. The van der Waals surface area contributed by atoms with Crippen molar-refractivity contribution in [2.45, 2.75) is 31.8 Å². The summed E-state index contributed by atoms with van der Waals surface area (Å²) in [4.78, 5) is 16.7. The largest absolute Gasteiger partial charge is 0.379 e. The molecule has 0 saturated carbocycles. The molecular weight excluding hydrogens is 479 g/mol. The topological polar surface area (TPSA) is 84.0 Å². The molecule has 0 radical (unpaired) electrons. The quantitative estimate of drug-likeness (QED) is 0.184. The fraction of sp³-hybridized carbons (Fsp3) is 0.667. The zero-order valence-electron chi connectivity index (χ0n) is 15.9. The molecule has 1 saturated heterocycles. The second-order valence-electron chi connectivity index (χ2n) is 6.08. The number of nitrogens with zero attached hydrogens (tertiary/aromatic N) is 1. The minimum absolute atomic E-state index is 0. The van der Waals surface area contributed by atoms with Crippen molar-refractivity contribution < 1.29 is 14.3 Å². The number of carbonyl (C=O) groups excluding carboxylic acids is 1. The minimum atomic E-state index is -0.00879. The fourth-order valence-electron chi connectivity index (χ4n) is 2.58. The molecule has 2 heterocycles. The number of guanidine groups is 1. The first-order valence-electron chi connectivity index (χ1n) is 9.25. The second kappa shape index (κ2) is 15.1. The standard InChI is InChI=1S/C18H30N4O3S.HI/c1-19-18(22-10-5-11-24-14-15-6-2-12-25-15)21-9-4-8-20-17(23)16-7-3-13-26-16;/h3,7,13,15H,2,4-6,8-12,14H2,1H3,(H,20,23)(H2,19,21,22);1H. The molecule has 0 spiro atoms. The zero-order chi connectivity index (χ0) is 18.5. The molecule has 1 atom stereocenters. The molecule has 0 bridgehead atoms. The van der Waals surface area contributed by atoms with Crippen LogP contribution in [-0.2, 0) is 9.47 Å². The highest BCUT2D eigenvalue weighted by Crippen LogP contribution is 2.11. The van der Waals surface area contributed by atoms with Crippen molar-refractivity contribution in [1.82, 2.24) is 16.0 Å². The third kappa shape index (κ3) is 10.3. The van der Waals surface area contributed by atoms with Gasteiger partial charge in [-0.3, -0.25) is 9.79 Å². The summed E-state index contributed by atoms with van der Waals surface area (Å²) in [6.45, 7) is 4.48. The van der Waals surface area contributed by atoms with Crippen LogP contribution in [0.2, 0.25) is 0 Å². The maximum atomic E-state index is 11.8. The fourth-order valence-corrected chi connectivity index (χ4v) is 3.22. The van der Waals surface area contributed by atoms with Crippen molar-refractivity contribution >= 4 is 47.2 Å². The van der Waals surface area contributed by atoms with Gasteiger partial charge in [-0.25, -0.2) is 0 Å². The highest BCUT2D eigenvalue weighted by atomic mass is 127. The van der Waals surface area contributed by atoms with Crippen LogP contribution < -0.4 is 16.0 Å². The molecule has 3 N–H and O–H groups in total. The van der Waals surface area contributed by atoms with Crippen molar-refractivity contribution in [2.75, 3.05) is 46.5 Å². The van der Waals surface area contributed by atoms with Crippen LogP contribution in [0.4, 0.5) is 0 Å². The number of hydrogen-bond donors (Lipinski definition) is 3. The Kier molecular flexibility index (Phi) is 13.5. The second-order valence-corrected chi connectivity index (χ2v) is 7.02. The van der Waals surface area contributed by atoms with E-state index in [4.69, 9.17) is 9.47 Å². The van der Waals surface area contributed by atoms with Gasteiger partial charge in [-0.15, -0.1) is 35.3 Å². The normalized spacial score (nSPS) is 16.6. The van der Waals surface area contributed by atoms with Crippen molar-refractivity contribution in [2.24, 2.45) is 4.99 Å². The number of amides is 1. The van der Waals surface area contributed by atoms with Crippen molar-refractivity contribution in [1.29, 1.82) is 0 Å². The summed E-state index contributed by atoms with van der Waals surface area (Å²) in [6.07, 6.45) is 4.31. The first-order valence-corrected chi connectivity index (χ1v) is 10.1. The number of rotatable bonds is 11. The zero-order valence-corrected chi connectivity index (χ0v) is 19.0. The molecule has 7 nitrogen and oxygen atoms in total. The van der Waals surface area contributed by atoms with Crippen LogP contribution in [0.25, 0.3) is 0 Å². The number of halogens is 1. The molecule has 27 heavy (non-hydrogen) atoms. The lowest BCUT2D eigenvalue weighted by molar-refractivity contribution is 0.0168. The number of thiophene rings is 1. The third-order valence-electron chi connectivity index (χ3n) is 3.99. The van der Waals surface area contributed by atoms with Gasteiger partial charge in [0.25, 0.3) is 5.91 Å². The van der Waals surface area contributed by atoms with Crippen LogP contribution in [-0.4, -0.2) is 64.5 Å². The SMILES string of the molecule is CN=C(NCCCNC(=O)c1cccs1)NCCCOCC1CCCO1.I. The first kappa shape index (κ1) is 24.1. The van der Waals surface area contributed by atoms with Gasteiger partial charge in [-0.1, -0.05) is 6.07 Å². The van der Waals surface area contributed by atoms with E-state index in [0.29, 0.717) is 13.2 Å². The van der Waals surface area contributed by atoms with Gasteiger partial charge in [0.1, 0.15) is 0 Å². The van der Waals surface area contributed by atoms with Gasteiger partial charge < -0.3 is 25.4 Å². The molecule has 1 aliphatic rings. The van der Waals surface area contributed by atoms with Gasteiger partial charge in [-0.05, 0) is 37.1 Å².